The second-order valence-electron chi connectivity index (χ2n) is 9.65. The van der Waals surface area contributed by atoms with Crippen molar-refractivity contribution in [1.29, 1.82) is 0 Å². The summed E-state index contributed by atoms with van der Waals surface area (Å²) in [6.07, 6.45) is 5.63. The summed E-state index contributed by atoms with van der Waals surface area (Å²) >= 11 is 1.23. The summed E-state index contributed by atoms with van der Waals surface area (Å²) in [6, 6.07) is 18.0. The van der Waals surface area contributed by atoms with E-state index in [4.69, 9.17) is 9.84 Å². The van der Waals surface area contributed by atoms with E-state index in [2.05, 4.69) is 15.6 Å². The number of thiophene rings is 1. The lowest BCUT2D eigenvalue weighted by atomic mass is 10.0. The minimum atomic E-state index is -0.378. The second-order valence-corrected chi connectivity index (χ2v) is 10.6. The van der Waals surface area contributed by atoms with Crippen molar-refractivity contribution < 1.29 is 24.2 Å². The maximum Gasteiger partial charge on any atom is 0.331 e. The Morgan fingerprint density at radius 3 is 2.54 bits per heavy atom. The van der Waals surface area contributed by atoms with E-state index in [0.717, 1.165) is 5.75 Å². The number of piperidine rings is 1. The van der Waals surface area contributed by atoms with Crippen molar-refractivity contribution >= 4 is 56.5 Å². The molecule has 0 saturated carbocycles. The summed E-state index contributed by atoms with van der Waals surface area (Å²) in [6.45, 7) is 0.827. The predicted octanol–water partition coefficient (Wildman–Crippen LogP) is 5.04. The molecule has 0 atom stereocenters. The van der Waals surface area contributed by atoms with Crippen molar-refractivity contribution in [3.63, 3.8) is 0 Å². The molecule has 4 heterocycles. The number of aromatic nitrogens is 1. The fourth-order valence-corrected chi connectivity index (χ4v) is 6.07. The second kappa shape index (κ2) is 11.4. The monoisotopic (exact) mass is 569 g/mol. The normalized spacial score (nSPS) is 15.3. The first-order chi connectivity index (χ1) is 20.0. The highest BCUT2D eigenvalue weighted by Crippen LogP contribution is 2.46. The number of pyridine rings is 1. The summed E-state index contributed by atoms with van der Waals surface area (Å²) in [4.78, 5) is 47.7. The largest absolute Gasteiger partial charge is 0.457 e. The molecule has 4 amide bonds. The van der Waals surface area contributed by atoms with Gasteiger partial charge in [-0.1, -0.05) is 24.3 Å². The van der Waals surface area contributed by atoms with E-state index in [1.807, 2.05) is 42.5 Å². The SMILES string of the molecule is O=C(NC1CCN(C(=O)C=CCO)CC1)c1sc2nccc3c2c1NC(=O)N3c1ccc(Oc2ccccc2)cc1. The van der Waals surface area contributed by atoms with E-state index in [-0.39, 0.29) is 30.5 Å². The quantitative estimate of drug-likeness (QED) is 0.268. The Morgan fingerprint density at radius 1 is 1.07 bits per heavy atom. The average Bonchev–Trinajstić information content (AvgIpc) is 3.37. The third-order valence-corrected chi connectivity index (χ3v) is 8.13. The number of hydrogen-bond acceptors (Lipinski definition) is 7. The van der Waals surface area contributed by atoms with E-state index in [1.54, 1.807) is 34.2 Å². The number of benzene rings is 2. The summed E-state index contributed by atoms with van der Waals surface area (Å²) in [5.41, 5.74) is 1.74. The van der Waals surface area contributed by atoms with Crippen LogP contribution in [0.1, 0.15) is 22.5 Å². The maximum absolute atomic E-state index is 13.4. The number of para-hydroxylation sites is 1. The zero-order chi connectivity index (χ0) is 28.3. The van der Waals surface area contributed by atoms with Gasteiger partial charge in [-0.3, -0.25) is 14.5 Å². The molecule has 0 spiro atoms. The van der Waals surface area contributed by atoms with Crippen LogP contribution in [0.2, 0.25) is 0 Å². The van der Waals surface area contributed by atoms with Crippen molar-refractivity contribution in [1.82, 2.24) is 15.2 Å². The number of urea groups is 1. The Balaban J connectivity index is 1.20. The molecule has 1 saturated heterocycles. The Morgan fingerprint density at radius 2 is 1.80 bits per heavy atom. The fourth-order valence-electron chi connectivity index (χ4n) is 5.04. The van der Waals surface area contributed by atoms with Crippen LogP contribution < -0.4 is 20.3 Å². The third kappa shape index (κ3) is 5.37. The molecular formula is C30H27N5O5S. The maximum atomic E-state index is 13.4. The van der Waals surface area contributed by atoms with Crippen LogP contribution in [0, 0.1) is 0 Å². The van der Waals surface area contributed by atoms with Gasteiger partial charge in [-0.05, 0) is 55.3 Å². The number of carbonyl (C=O) groups excluding carboxylic acids is 3. The van der Waals surface area contributed by atoms with Gasteiger partial charge in [0.2, 0.25) is 5.91 Å². The van der Waals surface area contributed by atoms with Gasteiger partial charge < -0.3 is 25.4 Å². The minimum Gasteiger partial charge on any atom is -0.457 e. The average molecular weight is 570 g/mol. The van der Waals surface area contributed by atoms with Crippen molar-refractivity contribution in [2.75, 3.05) is 29.9 Å². The fraction of sp³-hybridized carbons (Fsp3) is 0.200. The lowest BCUT2D eigenvalue weighted by molar-refractivity contribution is -0.127. The summed E-state index contributed by atoms with van der Waals surface area (Å²) in [5.74, 6) is 0.927. The third-order valence-electron chi connectivity index (χ3n) is 7.03. The lowest BCUT2D eigenvalue weighted by Gasteiger charge is -2.32. The molecule has 41 heavy (non-hydrogen) atoms. The first-order valence-corrected chi connectivity index (χ1v) is 14.1. The predicted molar refractivity (Wildman–Crippen MR) is 157 cm³/mol. The molecule has 4 aromatic rings. The molecule has 208 valence electrons. The molecule has 3 N–H and O–H groups in total. The van der Waals surface area contributed by atoms with Crippen LogP contribution in [0.4, 0.5) is 21.9 Å². The first kappa shape index (κ1) is 26.5. The Kier molecular flexibility index (Phi) is 7.36. The zero-order valence-electron chi connectivity index (χ0n) is 21.9. The summed E-state index contributed by atoms with van der Waals surface area (Å²) in [5, 5.41) is 15.6. The molecule has 10 nitrogen and oxygen atoms in total. The molecule has 0 bridgehead atoms. The highest BCUT2D eigenvalue weighted by molar-refractivity contribution is 7.21. The zero-order valence-corrected chi connectivity index (χ0v) is 22.8. The number of rotatable bonds is 7. The van der Waals surface area contributed by atoms with Crippen molar-refractivity contribution in [3.8, 4) is 11.5 Å². The van der Waals surface area contributed by atoms with E-state index >= 15 is 0 Å². The molecule has 2 aromatic heterocycles. The van der Waals surface area contributed by atoms with E-state index in [9.17, 15) is 14.4 Å². The summed E-state index contributed by atoms with van der Waals surface area (Å²) in [7, 11) is 0. The smallest absolute Gasteiger partial charge is 0.331 e. The van der Waals surface area contributed by atoms with Crippen LogP contribution in [0.15, 0.2) is 79.0 Å². The molecule has 11 heteroatoms. The number of likely N-dealkylation sites (tertiary alicyclic amines) is 1. The van der Waals surface area contributed by atoms with Crippen molar-refractivity contribution in [2.24, 2.45) is 0 Å². The van der Waals surface area contributed by atoms with Gasteiger partial charge in [-0.2, -0.15) is 0 Å². The van der Waals surface area contributed by atoms with Crippen LogP contribution in [-0.2, 0) is 4.79 Å². The number of aliphatic hydroxyl groups is 1. The van der Waals surface area contributed by atoms with Gasteiger partial charge in [0, 0.05) is 31.4 Å². The van der Waals surface area contributed by atoms with Gasteiger partial charge in [0.05, 0.1) is 29.1 Å². The molecule has 0 radical (unpaired) electrons. The van der Waals surface area contributed by atoms with Gasteiger partial charge in [0.1, 0.15) is 21.2 Å². The topological polar surface area (TPSA) is 124 Å². The highest BCUT2D eigenvalue weighted by Gasteiger charge is 2.33. The highest BCUT2D eigenvalue weighted by atomic mass is 32.1. The number of anilines is 3. The number of hydrogen-bond donors (Lipinski definition) is 3. The van der Waals surface area contributed by atoms with Gasteiger partial charge in [0.15, 0.2) is 0 Å². The molecule has 2 aliphatic heterocycles. The van der Waals surface area contributed by atoms with E-state index in [1.165, 1.54) is 23.5 Å². The lowest BCUT2D eigenvalue weighted by Crippen LogP contribution is -2.46. The summed E-state index contributed by atoms with van der Waals surface area (Å²) < 4.78 is 5.88. The van der Waals surface area contributed by atoms with Gasteiger partial charge in [-0.25, -0.2) is 9.78 Å². The van der Waals surface area contributed by atoms with Gasteiger partial charge >= 0.3 is 6.03 Å². The van der Waals surface area contributed by atoms with E-state index in [0.29, 0.717) is 63.8 Å². The molecule has 0 unspecified atom stereocenters. The number of carbonyl (C=O) groups is 3. The van der Waals surface area contributed by atoms with Crippen LogP contribution in [0.3, 0.4) is 0 Å². The molecular weight excluding hydrogens is 542 g/mol. The van der Waals surface area contributed by atoms with Gasteiger partial charge in [0.25, 0.3) is 5.91 Å². The first-order valence-electron chi connectivity index (χ1n) is 13.2. The number of aliphatic hydroxyl groups excluding tert-OH is 1. The van der Waals surface area contributed by atoms with Crippen LogP contribution >= 0.6 is 11.3 Å². The Bertz CT molecular complexity index is 1630. The van der Waals surface area contributed by atoms with Crippen molar-refractivity contribution in [2.45, 2.75) is 18.9 Å². The van der Waals surface area contributed by atoms with Crippen LogP contribution in [-0.4, -0.2) is 58.6 Å². The van der Waals surface area contributed by atoms with Crippen LogP contribution in [0.25, 0.3) is 10.2 Å². The number of nitrogens with zero attached hydrogens (tertiary/aromatic N) is 3. The molecule has 0 aliphatic carbocycles. The Hall–Kier alpha value is -4.74. The van der Waals surface area contributed by atoms with Crippen LogP contribution in [0.5, 0.6) is 11.5 Å². The van der Waals surface area contributed by atoms with E-state index < -0.39 is 0 Å². The number of ether oxygens (including phenoxy) is 1. The Labute approximate surface area is 239 Å². The minimum absolute atomic E-state index is 0.106. The number of amides is 4. The molecule has 2 aromatic carbocycles. The standard InChI is InChI=1S/C30H27N5O5S/c36-18-4-7-24(37)34-16-13-19(14-17-34)32-28(38)27-26-25-23(12-15-31-29(25)41-27)35(30(39)33-26)20-8-10-22(11-9-20)40-21-5-2-1-3-6-21/h1-12,15,19,36H,13-14,16-18H2,(H,32,38)(H,33,39). The molecule has 2 aliphatic rings. The van der Waals surface area contributed by atoms with Crippen molar-refractivity contribution in [3.05, 3.63) is 83.9 Å². The molecule has 1 fully saturated rings. The van der Waals surface area contributed by atoms with Gasteiger partial charge in [-0.15, -0.1) is 11.3 Å². The molecule has 6 rings (SSSR count). The number of nitrogens with one attached hydrogen (secondary N) is 2.